The molecule has 1 atom stereocenters. The normalized spacial score (nSPS) is 17.3. The molecule has 0 aliphatic carbocycles. The van der Waals surface area contributed by atoms with Gasteiger partial charge in [0.25, 0.3) is 5.91 Å². The van der Waals surface area contributed by atoms with Gasteiger partial charge in [0.1, 0.15) is 0 Å². The van der Waals surface area contributed by atoms with Gasteiger partial charge in [-0.1, -0.05) is 6.07 Å². The van der Waals surface area contributed by atoms with E-state index in [1.165, 1.54) is 0 Å². The molecule has 1 aromatic carbocycles. The van der Waals surface area contributed by atoms with Crippen LogP contribution in [0.3, 0.4) is 0 Å². The number of aryl methyl sites for hydroxylation is 1. The van der Waals surface area contributed by atoms with E-state index in [4.69, 9.17) is 4.74 Å². The number of hydrogen-bond acceptors (Lipinski definition) is 4. The number of fused-ring (bicyclic) bond motifs is 2. The predicted molar refractivity (Wildman–Crippen MR) is 94.1 cm³/mol. The zero-order valence-electron chi connectivity index (χ0n) is 14.1. The lowest BCUT2D eigenvalue weighted by Gasteiger charge is -2.29. The summed E-state index contributed by atoms with van der Waals surface area (Å²) >= 11 is 0. The molecule has 3 aromatic rings. The van der Waals surface area contributed by atoms with Crippen molar-refractivity contribution >= 4 is 16.8 Å². The smallest absolute Gasteiger partial charge is 0.254 e. The minimum Gasteiger partial charge on any atom is -0.383 e. The molecule has 3 heterocycles. The number of rotatable bonds is 3. The van der Waals surface area contributed by atoms with Crippen molar-refractivity contribution in [2.45, 2.75) is 25.6 Å². The highest BCUT2D eigenvalue weighted by atomic mass is 16.5. The number of amides is 1. The van der Waals surface area contributed by atoms with Gasteiger partial charge in [0, 0.05) is 37.0 Å². The van der Waals surface area contributed by atoms with E-state index in [2.05, 4.69) is 10.1 Å². The maximum Gasteiger partial charge on any atom is 0.254 e. The van der Waals surface area contributed by atoms with Crippen LogP contribution in [0.4, 0.5) is 0 Å². The largest absolute Gasteiger partial charge is 0.383 e. The molecule has 1 aliphatic heterocycles. The van der Waals surface area contributed by atoms with Crippen molar-refractivity contribution in [3.8, 4) is 0 Å². The number of carbonyl (C=O) groups excluding carboxylic acids is 1. The minimum atomic E-state index is 0.0162. The van der Waals surface area contributed by atoms with Crippen LogP contribution in [0.1, 0.15) is 22.5 Å². The molecule has 6 heteroatoms. The van der Waals surface area contributed by atoms with Crippen LogP contribution >= 0.6 is 0 Å². The van der Waals surface area contributed by atoms with Gasteiger partial charge < -0.3 is 9.64 Å². The third-order valence-corrected chi connectivity index (χ3v) is 4.72. The van der Waals surface area contributed by atoms with Crippen LogP contribution in [0.25, 0.3) is 10.9 Å². The average molecular weight is 336 g/mol. The Kier molecular flexibility index (Phi) is 4.19. The fourth-order valence-corrected chi connectivity index (χ4v) is 3.40. The molecule has 0 unspecified atom stereocenters. The first kappa shape index (κ1) is 15.8. The number of methoxy groups -OCH3 is 1. The van der Waals surface area contributed by atoms with Crippen molar-refractivity contribution in [2.24, 2.45) is 0 Å². The van der Waals surface area contributed by atoms with Crippen molar-refractivity contribution in [1.82, 2.24) is 19.7 Å². The second-order valence-electron chi connectivity index (χ2n) is 6.29. The zero-order chi connectivity index (χ0) is 17.2. The first-order chi connectivity index (χ1) is 12.3. The van der Waals surface area contributed by atoms with Gasteiger partial charge in [-0.3, -0.25) is 14.5 Å². The first-order valence-corrected chi connectivity index (χ1v) is 8.41. The number of aromatic nitrogens is 3. The highest BCUT2D eigenvalue weighted by Gasteiger charge is 2.28. The van der Waals surface area contributed by atoms with Gasteiger partial charge in [0.05, 0.1) is 30.4 Å². The molecular weight excluding hydrogens is 316 g/mol. The Morgan fingerprint density at radius 1 is 1.28 bits per heavy atom. The number of benzene rings is 1. The highest BCUT2D eigenvalue weighted by molar-refractivity contribution is 5.98. The van der Waals surface area contributed by atoms with E-state index >= 15 is 0 Å². The molecule has 0 N–H and O–H groups in total. The van der Waals surface area contributed by atoms with Crippen LogP contribution in [0.2, 0.25) is 0 Å². The number of ether oxygens (including phenoxy) is 1. The molecule has 1 amide bonds. The maximum atomic E-state index is 13.2. The topological polar surface area (TPSA) is 60.2 Å². The third kappa shape index (κ3) is 3.00. The van der Waals surface area contributed by atoms with Crippen molar-refractivity contribution in [2.75, 3.05) is 13.7 Å². The third-order valence-electron chi connectivity index (χ3n) is 4.72. The molecule has 0 saturated carbocycles. The quantitative estimate of drug-likeness (QED) is 0.737. The molecule has 1 aliphatic rings. The molecule has 0 radical (unpaired) electrons. The molecule has 0 fully saturated rings. The zero-order valence-corrected chi connectivity index (χ0v) is 14.1. The summed E-state index contributed by atoms with van der Waals surface area (Å²) in [6, 6.07) is 11.5. The van der Waals surface area contributed by atoms with Crippen molar-refractivity contribution in [3.05, 3.63) is 60.0 Å². The standard InChI is InChI=1S/C19H20N4O2/c1-25-13-17-7-10-23-16(6-9-21-23)12-22(17)19(24)15-4-5-18-14(11-15)3-2-8-20-18/h2-6,8-9,11,17H,7,10,12-13H2,1H3/t17-/m0/s1. The summed E-state index contributed by atoms with van der Waals surface area (Å²) in [6.45, 7) is 1.85. The fourth-order valence-electron chi connectivity index (χ4n) is 3.40. The Bertz CT molecular complexity index is 905. The van der Waals surface area contributed by atoms with Crippen molar-refractivity contribution in [1.29, 1.82) is 0 Å². The molecule has 128 valence electrons. The molecule has 0 spiro atoms. The molecule has 0 bridgehead atoms. The summed E-state index contributed by atoms with van der Waals surface area (Å²) in [5.41, 5.74) is 2.62. The molecule has 6 nitrogen and oxygen atoms in total. The van der Waals surface area contributed by atoms with Crippen LogP contribution in [0, 0.1) is 0 Å². The molecule has 25 heavy (non-hydrogen) atoms. The molecule has 2 aromatic heterocycles. The van der Waals surface area contributed by atoms with E-state index in [1.54, 1.807) is 19.5 Å². The van der Waals surface area contributed by atoms with Gasteiger partial charge in [-0.2, -0.15) is 5.10 Å². The van der Waals surface area contributed by atoms with Gasteiger partial charge >= 0.3 is 0 Å². The number of nitrogens with zero attached hydrogens (tertiary/aromatic N) is 4. The van der Waals surface area contributed by atoms with Crippen LogP contribution in [-0.4, -0.2) is 45.3 Å². The Balaban J connectivity index is 1.69. The van der Waals surface area contributed by atoms with Crippen molar-refractivity contribution < 1.29 is 9.53 Å². The Labute approximate surface area is 146 Å². The summed E-state index contributed by atoms with van der Waals surface area (Å²) < 4.78 is 7.34. The van der Waals surface area contributed by atoms with Gasteiger partial charge in [-0.15, -0.1) is 0 Å². The van der Waals surface area contributed by atoms with E-state index in [-0.39, 0.29) is 11.9 Å². The van der Waals surface area contributed by atoms with E-state index in [9.17, 15) is 4.79 Å². The van der Waals surface area contributed by atoms with E-state index < -0.39 is 0 Å². The van der Waals surface area contributed by atoms with Crippen LogP contribution in [0.15, 0.2) is 48.8 Å². The number of pyridine rings is 1. The SMILES string of the molecule is COC[C@@H]1CCn2nccc2CN1C(=O)c1ccc2ncccc2c1. The Morgan fingerprint density at radius 3 is 3.08 bits per heavy atom. The molecule has 0 saturated heterocycles. The second-order valence-corrected chi connectivity index (χ2v) is 6.29. The van der Waals surface area contributed by atoms with Gasteiger partial charge in [-0.25, -0.2) is 0 Å². The first-order valence-electron chi connectivity index (χ1n) is 8.41. The summed E-state index contributed by atoms with van der Waals surface area (Å²) in [7, 11) is 1.67. The van der Waals surface area contributed by atoms with Gasteiger partial charge in [0.2, 0.25) is 0 Å². The van der Waals surface area contributed by atoms with Crippen LogP contribution < -0.4 is 0 Å². The summed E-state index contributed by atoms with van der Waals surface area (Å²) in [5, 5.41) is 5.32. The summed E-state index contributed by atoms with van der Waals surface area (Å²) in [4.78, 5) is 19.5. The molecule has 4 rings (SSSR count). The lowest BCUT2D eigenvalue weighted by atomic mass is 10.1. The van der Waals surface area contributed by atoms with Crippen molar-refractivity contribution in [3.63, 3.8) is 0 Å². The summed E-state index contributed by atoms with van der Waals surface area (Å²) in [5.74, 6) is 0.0162. The minimum absolute atomic E-state index is 0.0162. The predicted octanol–water partition coefficient (Wildman–Crippen LogP) is 2.49. The molecular formula is C19H20N4O2. The van der Waals surface area contributed by atoms with E-state index in [0.29, 0.717) is 18.7 Å². The van der Waals surface area contributed by atoms with Crippen LogP contribution in [0.5, 0.6) is 0 Å². The number of hydrogen-bond donors (Lipinski definition) is 0. The maximum absolute atomic E-state index is 13.2. The van der Waals surface area contributed by atoms with Crippen LogP contribution in [-0.2, 0) is 17.8 Å². The Morgan fingerprint density at radius 2 is 2.20 bits per heavy atom. The lowest BCUT2D eigenvalue weighted by Crippen LogP contribution is -2.41. The van der Waals surface area contributed by atoms with Gasteiger partial charge in [0.15, 0.2) is 0 Å². The number of carbonyl (C=O) groups is 1. The fraction of sp³-hybridized carbons (Fsp3) is 0.316. The Hall–Kier alpha value is -2.73. The summed E-state index contributed by atoms with van der Waals surface area (Å²) in [6.07, 6.45) is 4.37. The second kappa shape index (κ2) is 6.64. The van der Waals surface area contributed by atoms with E-state index in [1.807, 2.05) is 46.0 Å². The van der Waals surface area contributed by atoms with Gasteiger partial charge in [-0.05, 0) is 36.8 Å². The highest BCUT2D eigenvalue weighted by Crippen LogP contribution is 2.22. The monoisotopic (exact) mass is 336 g/mol. The van der Waals surface area contributed by atoms with E-state index in [0.717, 1.165) is 29.6 Å². The average Bonchev–Trinajstić information content (AvgIpc) is 3.02. The lowest BCUT2D eigenvalue weighted by molar-refractivity contribution is 0.0503.